The van der Waals surface area contributed by atoms with Crippen LogP contribution in [0.5, 0.6) is 0 Å². The van der Waals surface area contributed by atoms with Gasteiger partial charge in [0.15, 0.2) is 0 Å². The highest BCUT2D eigenvalue weighted by molar-refractivity contribution is 5.78. The second-order valence-electron chi connectivity index (χ2n) is 10.4. The number of ether oxygens (including phenoxy) is 1. The predicted molar refractivity (Wildman–Crippen MR) is 112 cm³/mol. The fourth-order valence-corrected chi connectivity index (χ4v) is 4.35. The summed E-state index contributed by atoms with van der Waals surface area (Å²) in [6.45, 7) is 13.9. The Balaban J connectivity index is 1.71. The van der Waals surface area contributed by atoms with Gasteiger partial charge < -0.3 is 19.9 Å². The van der Waals surface area contributed by atoms with E-state index in [1.54, 1.807) is 0 Å². The number of carbonyl (C=O) groups is 2. The van der Waals surface area contributed by atoms with E-state index < -0.39 is 11.1 Å². The van der Waals surface area contributed by atoms with E-state index in [1.807, 2.05) is 39.5 Å². The smallest absolute Gasteiger partial charge is 0.308 e. The number of hydrogen-bond acceptors (Lipinski definition) is 5. The maximum Gasteiger partial charge on any atom is 0.308 e. The topological polar surface area (TPSA) is 61.9 Å². The molecule has 6 heteroatoms. The molecule has 0 aliphatic carbocycles. The second kappa shape index (κ2) is 9.57. The van der Waals surface area contributed by atoms with Gasteiger partial charge in [-0.1, -0.05) is 0 Å². The first-order valence-corrected chi connectivity index (χ1v) is 10.9. The number of nitrogens with one attached hydrogen (secondary N) is 1. The average molecular weight is 396 g/mol. The maximum atomic E-state index is 12.6. The van der Waals surface area contributed by atoms with E-state index in [2.05, 4.69) is 17.3 Å². The molecule has 0 saturated carbocycles. The van der Waals surface area contributed by atoms with Crippen molar-refractivity contribution >= 4 is 11.9 Å². The Morgan fingerprint density at radius 3 is 1.93 bits per heavy atom. The largest absolute Gasteiger partial charge is 0.460 e. The van der Waals surface area contributed by atoms with Crippen LogP contribution in [-0.4, -0.2) is 72.6 Å². The summed E-state index contributed by atoms with van der Waals surface area (Å²) in [5, 5.41) is 3.25. The van der Waals surface area contributed by atoms with Crippen LogP contribution in [0.4, 0.5) is 0 Å². The fraction of sp³-hybridized carbons (Fsp3) is 0.909. The monoisotopic (exact) mass is 395 g/mol. The van der Waals surface area contributed by atoms with Crippen LogP contribution in [0.25, 0.3) is 0 Å². The molecule has 1 N–H and O–H groups in total. The van der Waals surface area contributed by atoms with Crippen LogP contribution in [-0.2, 0) is 14.3 Å². The van der Waals surface area contributed by atoms with Crippen molar-refractivity contribution in [1.29, 1.82) is 0 Å². The molecule has 2 aliphatic heterocycles. The van der Waals surface area contributed by atoms with Crippen molar-refractivity contribution in [3.05, 3.63) is 0 Å². The number of rotatable bonds is 6. The lowest BCUT2D eigenvalue weighted by Crippen LogP contribution is -2.50. The quantitative estimate of drug-likeness (QED) is 0.701. The van der Waals surface area contributed by atoms with Crippen molar-refractivity contribution in [3.8, 4) is 0 Å². The summed E-state index contributed by atoms with van der Waals surface area (Å²) in [5.41, 5.74) is -0.953. The van der Waals surface area contributed by atoms with Crippen molar-refractivity contribution in [2.75, 3.05) is 39.8 Å². The van der Waals surface area contributed by atoms with Gasteiger partial charge in [-0.25, -0.2) is 0 Å². The molecule has 162 valence electrons. The van der Waals surface area contributed by atoms with Gasteiger partial charge in [0.05, 0.1) is 13.0 Å². The van der Waals surface area contributed by atoms with Crippen molar-refractivity contribution in [3.63, 3.8) is 0 Å². The highest BCUT2D eigenvalue weighted by Gasteiger charge is 2.31. The molecule has 0 radical (unpaired) electrons. The summed E-state index contributed by atoms with van der Waals surface area (Å²) in [6, 6.07) is 0. The van der Waals surface area contributed by atoms with Gasteiger partial charge in [-0.2, -0.15) is 0 Å². The lowest BCUT2D eigenvalue weighted by Gasteiger charge is -2.39. The van der Waals surface area contributed by atoms with E-state index >= 15 is 0 Å². The molecule has 2 fully saturated rings. The molecule has 0 aromatic rings. The molecule has 0 aromatic carbocycles. The fourth-order valence-electron chi connectivity index (χ4n) is 4.35. The van der Waals surface area contributed by atoms with Crippen molar-refractivity contribution < 1.29 is 14.3 Å². The molecule has 2 heterocycles. The van der Waals surface area contributed by atoms with Gasteiger partial charge in [-0.15, -0.1) is 0 Å². The molecule has 2 rings (SSSR count). The van der Waals surface area contributed by atoms with Gasteiger partial charge >= 0.3 is 5.97 Å². The number of hydrogen-bond donors (Lipinski definition) is 1. The standard InChI is InChI=1S/C22H41N3O3/c1-21(2,3)28-20(27)15-22(4,5)23-16-19(26)25-13-9-18(10-14-25)17-7-11-24(6)12-8-17/h17-18,23H,7-16H2,1-6H3. The molecular weight excluding hydrogens is 354 g/mol. The summed E-state index contributed by atoms with van der Waals surface area (Å²) in [6.07, 6.45) is 5.10. The summed E-state index contributed by atoms with van der Waals surface area (Å²) in [7, 11) is 2.20. The molecule has 2 aliphatic rings. The Morgan fingerprint density at radius 1 is 0.929 bits per heavy atom. The normalized spacial score (nSPS) is 21.0. The molecule has 2 saturated heterocycles. The third-order valence-electron chi connectivity index (χ3n) is 6.05. The van der Waals surface area contributed by atoms with E-state index in [-0.39, 0.29) is 24.8 Å². The van der Waals surface area contributed by atoms with E-state index in [0.717, 1.165) is 37.8 Å². The minimum atomic E-state index is -0.485. The van der Waals surface area contributed by atoms with Gasteiger partial charge in [-0.3, -0.25) is 9.59 Å². The zero-order valence-electron chi connectivity index (χ0n) is 18.8. The SMILES string of the molecule is CN1CCC(C2CCN(C(=O)CNC(C)(C)CC(=O)OC(C)(C)C)CC2)CC1. The molecule has 1 amide bonds. The van der Waals surface area contributed by atoms with E-state index in [0.29, 0.717) is 0 Å². The van der Waals surface area contributed by atoms with Crippen LogP contribution in [0.2, 0.25) is 0 Å². The van der Waals surface area contributed by atoms with Gasteiger partial charge in [0.1, 0.15) is 5.60 Å². The van der Waals surface area contributed by atoms with Gasteiger partial charge in [0.2, 0.25) is 5.91 Å². The Labute approximate surface area is 171 Å². The molecule has 0 unspecified atom stereocenters. The first kappa shape index (κ1) is 23.1. The van der Waals surface area contributed by atoms with Crippen LogP contribution < -0.4 is 5.32 Å². The van der Waals surface area contributed by atoms with Crippen LogP contribution >= 0.6 is 0 Å². The number of carbonyl (C=O) groups excluding carboxylic acids is 2. The van der Waals surface area contributed by atoms with Crippen LogP contribution in [0.1, 0.15) is 66.7 Å². The second-order valence-corrected chi connectivity index (χ2v) is 10.4. The molecular formula is C22H41N3O3. The van der Waals surface area contributed by atoms with E-state index in [9.17, 15) is 9.59 Å². The molecule has 28 heavy (non-hydrogen) atoms. The zero-order valence-corrected chi connectivity index (χ0v) is 18.8. The molecule has 0 aromatic heterocycles. The first-order chi connectivity index (χ1) is 13.0. The van der Waals surface area contributed by atoms with E-state index in [4.69, 9.17) is 4.74 Å². The number of piperidine rings is 2. The minimum absolute atomic E-state index is 0.138. The van der Waals surface area contributed by atoms with E-state index in [1.165, 1.54) is 25.9 Å². The van der Waals surface area contributed by atoms with Crippen LogP contribution in [0.15, 0.2) is 0 Å². The average Bonchev–Trinajstić information content (AvgIpc) is 2.58. The van der Waals surface area contributed by atoms with Gasteiger partial charge in [0.25, 0.3) is 0 Å². The van der Waals surface area contributed by atoms with Crippen molar-refractivity contribution in [2.45, 2.75) is 77.9 Å². The summed E-state index contributed by atoms with van der Waals surface area (Å²) in [4.78, 5) is 29.1. The maximum absolute atomic E-state index is 12.6. The summed E-state index contributed by atoms with van der Waals surface area (Å²) >= 11 is 0. The Hall–Kier alpha value is -1.14. The molecule has 0 atom stereocenters. The third kappa shape index (κ3) is 7.70. The highest BCUT2D eigenvalue weighted by Crippen LogP contribution is 2.32. The summed E-state index contributed by atoms with van der Waals surface area (Å²) in [5.74, 6) is 1.50. The van der Waals surface area contributed by atoms with Gasteiger partial charge in [-0.05, 0) is 92.3 Å². The Morgan fingerprint density at radius 2 is 1.43 bits per heavy atom. The first-order valence-electron chi connectivity index (χ1n) is 10.9. The molecule has 0 bridgehead atoms. The number of likely N-dealkylation sites (tertiary alicyclic amines) is 2. The predicted octanol–water partition coefficient (Wildman–Crippen LogP) is 2.67. The highest BCUT2D eigenvalue weighted by atomic mass is 16.6. The van der Waals surface area contributed by atoms with Crippen molar-refractivity contribution in [1.82, 2.24) is 15.1 Å². The number of amides is 1. The van der Waals surface area contributed by atoms with Crippen LogP contribution in [0.3, 0.4) is 0 Å². The molecule has 0 spiro atoms. The Kier molecular flexibility index (Phi) is 7.91. The summed E-state index contributed by atoms with van der Waals surface area (Å²) < 4.78 is 5.40. The third-order valence-corrected chi connectivity index (χ3v) is 6.05. The Bertz CT molecular complexity index is 526. The lowest BCUT2D eigenvalue weighted by atomic mass is 9.79. The lowest BCUT2D eigenvalue weighted by molar-refractivity contribution is -0.156. The number of esters is 1. The van der Waals surface area contributed by atoms with Crippen LogP contribution in [0, 0.1) is 11.8 Å². The minimum Gasteiger partial charge on any atom is -0.460 e. The van der Waals surface area contributed by atoms with Gasteiger partial charge in [0, 0.05) is 18.6 Å². The number of nitrogens with zero attached hydrogens (tertiary/aromatic N) is 2. The molecule has 6 nitrogen and oxygen atoms in total. The van der Waals surface area contributed by atoms with Crippen molar-refractivity contribution in [2.24, 2.45) is 11.8 Å². The zero-order chi connectivity index (χ0) is 20.9.